The van der Waals surface area contributed by atoms with E-state index in [9.17, 15) is 9.59 Å². The van der Waals surface area contributed by atoms with E-state index in [0.29, 0.717) is 23.5 Å². The zero-order valence-corrected chi connectivity index (χ0v) is 13.3. The Kier molecular flexibility index (Phi) is 3.80. The van der Waals surface area contributed by atoms with E-state index in [0.717, 1.165) is 17.3 Å². The molecule has 6 heteroatoms. The van der Waals surface area contributed by atoms with Crippen LogP contribution in [-0.4, -0.2) is 32.9 Å². The van der Waals surface area contributed by atoms with Crippen LogP contribution in [0.25, 0.3) is 10.9 Å². The smallest absolute Gasteiger partial charge is 0.261 e. The van der Waals surface area contributed by atoms with Crippen LogP contribution in [0.1, 0.15) is 19.8 Å². The Morgan fingerprint density at radius 3 is 2.90 bits per heavy atom. The quantitative estimate of drug-likeness (QED) is 0.849. The Labute approximate surface area is 130 Å². The van der Waals surface area contributed by atoms with Gasteiger partial charge in [-0.2, -0.15) is 0 Å². The molecule has 2 aromatic rings. The van der Waals surface area contributed by atoms with Gasteiger partial charge in [-0.05, 0) is 38.0 Å². The van der Waals surface area contributed by atoms with Gasteiger partial charge in [-0.15, -0.1) is 0 Å². The maximum atomic E-state index is 12.4. The summed E-state index contributed by atoms with van der Waals surface area (Å²) >= 11 is 3.36. The number of carbonyl (C=O) groups excluding carboxylic acids is 1. The molecule has 1 aromatic heterocycles. The first-order chi connectivity index (χ1) is 10.1. The Morgan fingerprint density at radius 1 is 1.48 bits per heavy atom. The normalized spacial score (nSPS) is 14.4. The van der Waals surface area contributed by atoms with Crippen LogP contribution in [0.15, 0.2) is 33.8 Å². The molecule has 1 saturated carbocycles. The lowest BCUT2D eigenvalue weighted by molar-refractivity contribution is -0.132. The molecule has 0 saturated heterocycles. The van der Waals surface area contributed by atoms with Gasteiger partial charge >= 0.3 is 0 Å². The van der Waals surface area contributed by atoms with E-state index in [4.69, 9.17) is 0 Å². The van der Waals surface area contributed by atoms with Gasteiger partial charge in [0.1, 0.15) is 6.54 Å². The summed E-state index contributed by atoms with van der Waals surface area (Å²) in [6.45, 7) is 2.71. The average molecular weight is 350 g/mol. The highest BCUT2D eigenvalue weighted by atomic mass is 79.9. The van der Waals surface area contributed by atoms with Gasteiger partial charge in [0.2, 0.25) is 5.91 Å². The summed E-state index contributed by atoms with van der Waals surface area (Å²) in [7, 11) is 0. The van der Waals surface area contributed by atoms with E-state index in [-0.39, 0.29) is 18.0 Å². The summed E-state index contributed by atoms with van der Waals surface area (Å²) in [5.41, 5.74) is 0.459. The molecule has 5 nitrogen and oxygen atoms in total. The number of amides is 1. The number of carbonyl (C=O) groups is 1. The van der Waals surface area contributed by atoms with Crippen molar-refractivity contribution in [2.24, 2.45) is 0 Å². The molecular weight excluding hydrogens is 334 g/mol. The highest BCUT2D eigenvalue weighted by Crippen LogP contribution is 2.26. The van der Waals surface area contributed by atoms with Crippen LogP contribution in [0, 0.1) is 0 Å². The van der Waals surface area contributed by atoms with Gasteiger partial charge in [0, 0.05) is 17.1 Å². The predicted molar refractivity (Wildman–Crippen MR) is 84.1 cm³/mol. The molecule has 1 fully saturated rings. The lowest BCUT2D eigenvalue weighted by Crippen LogP contribution is -2.37. The van der Waals surface area contributed by atoms with Gasteiger partial charge in [-0.25, -0.2) is 4.98 Å². The minimum Gasteiger partial charge on any atom is -0.338 e. The number of fused-ring (bicyclic) bond motifs is 1. The zero-order chi connectivity index (χ0) is 15.0. The molecule has 1 aromatic carbocycles. The molecule has 110 valence electrons. The molecule has 3 rings (SSSR count). The fraction of sp³-hybridized carbons (Fsp3) is 0.400. The number of likely N-dealkylation sites (N-methyl/N-ethyl adjacent to an activating group) is 1. The van der Waals surface area contributed by atoms with Gasteiger partial charge in [-0.3, -0.25) is 14.2 Å². The third-order valence-electron chi connectivity index (χ3n) is 3.74. The number of nitrogens with zero attached hydrogens (tertiary/aromatic N) is 3. The average Bonchev–Trinajstić information content (AvgIpc) is 3.27. The molecule has 0 N–H and O–H groups in total. The molecule has 0 unspecified atom stereocenters. The van der Waals surface area contributed by atoms with Crippen molar-refractivity contribution in [1.82, 2.24) is 14.5 Å². The maximum Gasteiger partial charge on any atom is 0.261 e. The highest BCUT2D eigenvalue weighted by Gasteiger charge is 2.31. The second kappa shape index (κ2) is 5.60. The van der Waals surface area contributed by atoms with Crippen molar-refractivity contribution >= 4 is 32.7 Å². The molecule has 0 bridgehead atoms. The Bertz CT molecular complexity index is 752. The van der Waals surface area contributed by atoms with E-state index in [1.54, 1.807) is 18.2 Å². The van der Waals surface area contributed by atoms with Crippen molar-refractivity contribution in [1.29, 1.82) is 0 Å². The monoisotopic (exact) mass is 349 g/mol. The van der Waals surface area contributed by atoms with Crippen LogP contribution >= 0.6 is 15.9 Å². The van der Waals surface area contributed by atoms with Crippen molar-refractivity contribution in [2.45, 2.75) is 32.4 Å². The third kappa shape index (κ3) is 2.85. The van der Waals surface area contributed by atoms with Crippen molar-refractivity contribution in [3.63, 3.8) is 0 Å². The van der Waals surface area contributed by atoms with E-state index < -0.39 is 0 Å². The summed E-state index contributed by atoms with van der Waals surface area (Å²) in [4.78, 5) is 30.8. The fourth-order valence-electron chi connectivity index (χ4n) is 2.51. The van der Waals surface area contributed by atoms with E-state index >= 15 is 0 Å². The van der Waals surface area contributed by atoms with Crippen molar-refractivity contribution in [3.8, 4) is 0 Å². The zero-order valence-electron chi connectivity index (χ0n) is 11.8. The fourth-order valence-corrected chi connectivity index (χ4v) is 2.85. The van der Waals surface area contributed by atoms with Gasteiger partial charge in [-0.1, -0.05) is 15.9 Å². The van der Waals surface area contributed by atoms with Crippen LogP contribution < -0.4 is 5.56 Å². The summed E-state index contributed by atoms with van der Waals surface area (Å²) < 4.78 is 2.27. The Hall–Kier alpha value is -1.69. The summed E-state index contributed by atoms with van der Waals surface area (Å²) in [5, 5.41) is 0.531. The van der Waals surface area contributed by atoms with Crippen molar-refractivity contribution in [2.75, 3.05) is 6.54 Å². The van der Waals surface area contributed by atoms with Gasteiger partial charge in [0.05, 0.1) is 17.2 Å². The number of halogens is 1. The predicted octanol–water partition coefficient (Wildman–Crippen LogP) is 2.17. The third-order valence-corrected chi connectivity index (χ3v) is 4.23. The van der Waals surface area contributed by atoms with Crippen LogP contribution in [0.4, 0.5) is 0 Å². The molecule has 1 amide bonds. The Morgan fingerprint density at radius 2 is 2.24 bits per heavy atom. The van der Waals surface area contributed by atoms with Gasteiger partial charge in [0.25, 0.3) is 5.56 Å². The molecule has 1 aliphatic rings. The molecule has 0 spiro atoms. The van der Waals surface area contributed by atoms with Crippen LogP contribution in [-0.2, 0) is 11.3 Å². The molecular formula is C15H16BrN3O2. The minimum atomic E-state index is -0.173. The lowest BCUT2D eigenvalue weighted by Gasteiger charge is -2.20. The Balaban J connectivity index is 1.90. The van der Waals surface area contributed by atoms with Crippen LogP contribution in [0.2, 0.25) is 0 Å². The van der Waals surface area contributed by atoms with Gasteiger partial charge in [0.15, 0.2) is 0 Å². The minimum absolute atomic E-state index is 0.0136. The standard InChI is InChI=1S/C15H16BrN3O2/c1-2-19(11-4-5-11)14(20)8-18-9-17-13-7-10(16)3-6-12(13)15(18)21/h3,6-7,9,11H,2,4-5,8H2,1H3. The summed E-state index contributed by atoms with van der Waals surface area (Å²) in [5.74, 6) is -0.0136. The number of hydrogen-bond acceptors (Lipinski definition) is 3. The number of aromatic nitrogens is 2. The molecule has 0 radical (unpaired) electrons. The maximum absolute atomic E-state index is 12.4. The van der Waals surface area contributed by atoms with Crippen molar-refractivity contribution in [3.05, 3.63) is 39.4 Å². The van der Waals surface area contributed by atoms with E-state index in [2.05, 4.69) is 20.9 Å². The molecule has 1 heterocycles. The first kappa shape index (κ1) is 14.3. The van der Waals surface area contributed by atoms with Gasteiger partial charge < -0.3 is 4.90 Å². The largest absolute Gasteiger partial charge is 0.338 e. The lowest BCUT2D eigenvalue weighted by atomic mass is 10.2. The molecule has 1 aliphatic carbocycles. The molecule has 21 heavy (non-hydrogen) atoms. The van der Waals surface area contributed by atoms with E-state index in [1.807, 2.05) is 11.8 Å². The SMILES string of the molecule is CCN(C(=O)Cn1cnc2cc(Br)ccc2c1=O)C1CC1. The summed E-state index contributed by atoms with van der Waals surface area (Å²) in [6, 6.07) is 5.70. The molecule has 0 aliphatic heterocycles. The second-order valence-corrected chi connectivity index (χ2v) is 6.17. The number of rotatable bonds is 4. The highest BCUT2D eigenvalue weighted by molar-refractivity contribution is 9.10. The second-order valence-electron chi connectivity index (χ2n) is 5.25. The first-order valence-electron chi connectivity index (χ1n) is 7.04. The number of hydrogen-bond donors (Lipinski definition) is 0. The number of benzene rings is 1. The molecule has 0 atom stereocenters. The van der Waals surface area contributed by atoms with Crippen LogP contribution in [0.3, 0.4) is 0 Å². The van der Waals surface area contributed by atoms with Crippen molar-refractivity contribution < 1.29 is 4.79 Å². The summed E-state index contributed by atoms with van der Waals surface area (Å²) in [6.07, 6.45) is 3.59. The van der Waals surface area contributed by atoms with E-state index in [1.165, 1.54) is 10.9 Å². The first-order valence-corrected chi connectivity index (χ1v) is 7.83. The topological polar surface area (TPSA) is 55.2 Å². The van der Waals surface area contributed by atoms with Crippen LogP contribution in [0.5, 0.6) is 0 Å².